The number of methoxy groups -OCH3 is 1. The monoisotopic (exact) mass is 486 g/mol. The van der Waals surface area contributed by atoms with Gasteiger partial charge in [-0.1, -0.05) is 59.6 Å². The van der Waals surface area contributed by atoms with E-state index in [1.807, 2.05) is 25.1 Å². The maximum absolute atomic E-state index is 6.34. The molecule has 3 aromatic carbocycles. The van der Waals surface area contributed by atoms with E-state index in [9.17, 15) is 0 Å². The Morgan fingerprint density at radius 1 is 1.00 bits per heavy atom. The highest BCUT2D eigenvalue weighted by Gasteiger charge is 2.20. The maximum atomic E-state index is 6.34. The second kappa shape index (κ2) is 10.2. The third-order valence-corrected chi connectivity index (χ3v) is 7.11. The summed E-state index contributed by atoms with van der Waals surface area (Å²) >= 11 is 6.34. The van der Waals surface area contributed by atoms with Crippen LogP contribution < -0.4 is 10.1 Å². The van der Waals surface area contributed by atoms with E-state index in [0.717, 1.165) is 60.2 Å². The summed E-state index contributed by atoms with van der Waals surface area (Å²) in [5.74, 6) is 1.39. The van der Waals surface area contributed by atoms with Gasteiger partial charge in [0.05, 0.1) is 23.3 Å². The van der Waals surface area contributed by atoms with Gasteiger partial charge in [-0.05, 0) is 56.0 Å². The van der Waals surface area contributed by atoms with Gasteiger partial charge in [0.1, 0.15) is 5.75 Å². The second-order valence-electron chi connectivity index (χ2n) is 9.37. The predicted octanol–water partition coefficient (Wildman–Crippen LogP) is 6.65. The van der Waals surface area contributed by atoms with Gasteiger partial charge in [0, 0.05) is 36.6 Å². The highest BCUT2D eigenvalue weighted by atomic mass is 35.5. The van der Waals surface area contributed by atoms with Gasteiger partial charge in [0.2, 0.25) is 5.95 Å². The summed E-state index contributed by atoms with van der Waals surface area (Å²) in [6.45, 7) is 7.33. The third kappa shape index (κ3) is 5.26. The van der Waals surface area contributed by atoms with Gasteiger partial charge in [0.25, 0.3) is 0 Å². The molecule has 0 spiro atoms. The van der Waals surface area contributed by atoms with Crippen LogP contribution in [0.5, 0.6) is 5.75 Å². The molecule has 35 heavy (non-hydrogen) atoms. The van der Waals surface area contributed by atoms with E-state index in [1.165, 1.54) is 11.1 Å². The molecular formula is C29H31ClN4O. The van der Waals surface area contributed by atoms with Crippen LogP contribution >= 0.6 is 11.6 Å². The van der Waals surface area contributed by atoms with Crippen molar-refractivity contribution in [2.75, 3.05) is 25.5 Å². The van der Waals surface area contributed by atoms with E-state index < -0.39 is 0 Å². The Kier molecular flexibility index (Phi) is 6.89. The van der Waals surface area contributed by atoms with Crippen LogP contribution in [0.3, 0.4) is 0 Å². The Labute approximate surface area is 212 Å². The van der Waals surface area contributed by atoms with Crippen molar-refractivity contribution >= 4 is 28.5 Å². The summed E-state index contributed by atoms with van der Waals surface area (Å²) in [5.41, 5.74) is 6.57. The third-order valence-electron chi connectivity index (χ3n) is 6.82. The molecule has 0 radical (unpaired) electrons. The number of ether oxygens (including phenoxy) is 1. The van der Waals surface area contributed by atoms with E-state index in [4.69, 9.17) is 26.3 Å². The molecule has 0 aliphatic carbocycles. The Bertz CT molecular complexity index is 1330. The summed E-state index contributed by atoms with van der Waals surface area (Å²) in [6.07, 6.45) is 2.17. The van der Waals surface area contributed by atoms with E-state index in [0.29, 0.717) is 22.8 Å². The first-order valence-electron chi connectivity index (χ1n) is 12.2. The number of hydrogen-bond donors (Lipinski definition) is 1. The van der Waals surface area contributed by atoms with Gasteiger partial charge >= 0.3 is 0 Å². The number of aryl methyl sites for hydroxylation is 2. The number of nitrogens with zero attached hydrogens (tertiary/aromatic N) is 3. The minimum absolute atomic E-state index is 0.385. The zero-order valence-electron chi connectivity index (χ0n) is 20.5. The summed E-state index contributed by atoms with van der Waals surface area (Å²) in [7, 11) is 1.64. The molecule has 4 aromatic rings. The standard InChI is InChI=1S/C29H31ClN4O/c1-19-7-9-21(10-8-19)18-34-15-13-23(14-16-34)32-29-31-20(2)25-17-22(11-12-27(25)33-29)24-5-4-6-26(30)28(24)35-3/h4-12,17,23H,13-16,18H2,1-3H3,(H,31,32,33). The number of nitrogens with one attached hydrogen (secondary N) is 1. The van der Waals surface area contributed by atoms with Gasteiger partial charge in [0.15, 0.2) is 0 Å². The Morgan fingerprint density at radius 2 is 1.77 bits per heavy atom. The van der Waals surface area contributed by atoms with Crippen LogP contribution in [0.25, 0.3) is 22.0 Å². The average Bonchev–Trinajstić information content (AvgIpc) is 2.86. The fourth-order valence-corrected chi connectivity index (χ4v) is 5.08. The van der Waals surface area contributed by atoms with Crippen molar-refractivity contribution in [2.24, 2.45) is 0 Å². The summed E-state index contributed by atoms with van der Waals surface area (Å²) in [6, 6.07) is 21.3. The van der Waals surface area contributed by atoms with Crippen LogP contribution in [-0.4, -0.2) is 41.1 Å². The Morgan fingerprint density at radius 3 is 2.51 bits per heavy atom. The lowest BCUT2D eigenvalue weighted by Crippen LogP contribution is -2.39. The van der Waals surface area contributed by atoms with Crippen molar-refractivity contribution in [2.45, 2.75) is 39.3 Å². The number of para-hydroxylation sites is 1. The topological polar surface area (TPSA) is 50.3 Å². The van der Waals surface area contributed by atoms with Crippen molar-refractivity contribution in [1.29, 1.82) is 0 Å². The minimum atomic E-state index is 0.385. The predicted molar refractivity (Wildman–Crippen MR) is 144 cm³/mol. The lowest BCUT2D eigenvalue weighted by Gasteiger charge is -2.32. The van der Waals surface area contributed by atoms with Gasteiger partial charge in [-0.2, -0.15) is 0 Å². The molecular weight excluding hydrogens is 456 g/mol. The normalized spacial score (nSPS) is 14.9. The Hall–Kier alpha value is -3.15. The average molecular weight is 487 g/mol. The summed E-state index contributed by atoms with van der Waals surface area (Å²) in [5, 5.41) is 5.22. The summed E-state index contributed by atoms with van der Waals surface area (Å²) in [4.78, 5) is 12.1. The number of halogens is 1. The molecule has 6 heteroatoms. The summed E-state index contributed by atoms with van der Waals surface area (Å²) < 4.78 is 5.55. The number of anilines is 1. The number of hydrogen-bond acceptors (Lipinski definition) is 5. The van der Waals surface area contributed by atoms with Gasteiger partial charge in [-0.3, -0.25) is 4.90 Å². The molecule has 0 unspecified atom stereocenters. The molecule has 0 saturated carbocycles. The van der Waals surface area contributed by atoms with Crippen LogP contribution in [0.4, 0.5) is 5.95 Å². The molecule has 180 valence electrons. The number of piperidine rings is 1. The Balaban J connectivity index is 1.27. The number of likely N-dealkylation sites (tertiary alicyclic amines) is 1. The van der Waals surface area contributed by atoms with Crippen LogP contribution in [0.2, 0.25) is 5.02 Å². The molecule has 0 bridgehead atoms. The molecule has 5 rings (SSSR count). The van der Waals surface area contributed by atoms with E-state index in [1.54, 1.807) is 7.11 Å². The highest BCUT2D eigenvalue weighted by Crippen LogP contribution is 2.37. The first-order chi connectivity index (χ1) is 17.0. The SMILES string of the molecule is COc1c(Cl)cccc1-c1ccc2nc(NC3CCN(Cc4ccc(C)cc4)CC3)nc(C)c2c1. The van der Waals surface area contributed by atoms with Crippen LogP contribution in [0.1, 0.15) is 29.7 Å². The molecule has 1 fully saturated rings. The maximum Gasteiger partial charge on any atom is 0.223 e. The largest absolute Gasteiger partial charge is 0.495 e. The molecule has 1 aromatic heterocycles. The molecule has 0 amide bonds. The molecule has 1 aliphatic heterocycles. The first-order valence-corrected chi connectivity index (χ1v) is 12.5. The fraction of sp³-hybridized carbons (Fsp3) is 0.310. The number of rotatable bonds is 6. The quantitative estimate of drug-likeness (QED) is 0.330. The van der Waals surface area contributed by atoms with Crippen molar-refractivity contribution in [3.05, 3.63) is 82.5 Å². The van der Waals surface area contributed by atoms with Crippen molar-refractivity contribution < 1.29 is 4.74 Å². The zero-order chi connectivity index (χ0) is 24.4. The number of aromatic nitrogens is 2. The number of fused-ring (bicyclic) bond motifs is 1. The molecule has 1 aliphatic rings. The number of benzene rings is 3. The fourth-order valence-electron chi connectivity index (χ4n) is 4.83. The van der Waals surface area contributed by atoms with Crippen molar-refractivity contribution in [1.82, 2.24) is 14.9 Å². The van der Waals surface area contributed by atoms with Crippen molar-refractivity contribution in [3.8, 4) is 16.9 Å². The lowest BCUT2D eigenvalue weighted by atomic mass is 10.0. The van der Waals surface area contributed by atoms with Crippen LogP contribution in [0.15, 0.2) is 60.7 Å². The van der Waals surface area contributed by atoms with Gasteiger partial charge in [-0.25, -0.2) is 9.97 Å². The van der Waals surface area contributed by atoms with Crippen molar-refractivity contribution in [3.63, 3.8) is 0 Å². The minimum Gasteiger partial charge on any atom is -0.495 e. The molecule has 1 saturated heterocycles. The lowest BCUT2D eigenvalue weighted by molar-refractivity contribution is 0.211. The van der Waals surface area contributed by atoms with E-state index >= 15 is 0 Å². The molecule has 2 heterocycles. The van der Waals surface area contributed by atoms with Gasteiger partial charge < -0.3 is 10.1 Å². The second-order valence-corrected chi connectivity index (χ2v) is 9.77. The van der Waals surface area contributed by atoms with Crippen LogP contribution in [0, 0.1) is 13.8 Å². The highest BCUT2D eigenvalue weighted by molar-refractivity contribution is 6.32. The van der Waals surface area contributed by atoms with Crippen LogP contribution in [-0.2, 0) is 6.54 Å². The molecule has 1 N–H and O–H groups in total. The molecule has 0 atom stereocenters. The smallest absolute Gasteiger partial charge is 0.223 e. The van der Waals surface area contributed by atoms with E-state index in [2.05, 4.69) is 59.6 Å². The van der Waals surface area contributed by atoms with Gasteiger partial charge in [-0.15, -0.1) is 0 Å². The van der Waals surface area contributed by atoms with E-state index in [-0.39, 0.29) is 0 Å². The molecule has 5 nitrogen and oxygen atoms in total. The zero-order valence-corrected chi connectivity index (χ0v) is 21.3. The first kappa shape index (κ1) is 23.6.